The largest absolute Gasteiger partial charge is 0.456 e. The number of hydrogen-bond acceptors (Lipinski definition) is 4. The molecule has 0 saturated heterocycles. The number of furan rings is 1. The number of anilines is 3. The van der Waals surface area contributed by atoms with E-state index in [4.69, 9.17) is 13.8 Å². The Kier molecular flexibility index (Phi) is 5.78. The molecule has 0 fully saturated rings. The highest BCUT2D eigenvalue weighted by atomic mass is 16.3. The molecule has 0 spiro atoms. The summed E-state index contributed by atoms with van der Waals surface area (Å²) in [5, 5.41) is 4.29. The lowest BCUT2D eigenvalue weighted by atomic mass is 10.0. The van der Waals surface area contributed by atoms with E-state index in [1.54, 1.807) is 0 Å². The Bertz CT molecular complexity index is 2490. The van der Waals surface area contributed by atoms with Crippen molar-refractivity contribution < 1.29 is 8.83 Å². The van der Waals surface area contributed by atoms with Crippen molar-refractivity contribution in [1.82, 2.24) is 4.98 Å². The van der Waals surface area contributed by atoms with E-state index in [1.807, 2.05) is 48.5 Å². The fourth-order valence-electron chi connectivity index (χ4n) is 6.36. The van der Waals surface area contributed by atoms with Crippen molar-refractivity contribution in [2.75, 3.05) is 4.90 Å². The first-order chi connectivity index (χ1) is 22.3. The second-order valence-electron chi connectivity index (χ2n) is 11.2. The first-order valence-electron chi connectivity index (χ1n) is 15.0. The molecule has 212 valence electrons. The minimum absolute atomic E-state index is 0.626. The van der Waals surface area contributed by atoms with Crippen LogP contribution in [-0.2, 0) is 0 Å². The molecule has 7 aromatic carbocycles. The van der Waals surface area contributed by atoms with Crippen LogP contribution in [0.2, 0.25) is 0 Å². The van der Waals surface area contributed by atoms with Crippen molar-refractivity contribution >= 4 is 60.9 Å². The van der Waals surface area contributed by atoms with Gasteiger partial charge in [0, 0.05) is 38.7 Å². The van der Waals surface area contributed by atoms with Crippen LogP contribution in [0.4, 0.5) is 17.1 Å². The molecule has 45 heavy (non-hydrogen) atoms. The summed E-state index contributed by atoms with van der Waals surface area (Å²) in [5.74, 6) is 0.626. The third-order valence-electron chi connectivity index (χ3n) is 8.48. The van der Waals surface area contributed by atoms with E-state index < -0.39 is 0 Å². The zero-order valence-electron chi connectivity index (χ0n) is 24.2. The van der Waals surface area contributed by atoms with E-state index in [2.05, 4.69) is 114 Å². The van der Waals surface area contributed by atoms with Gasteiger partial charge in [-0.25, -0.2) is 4.98 Å². The lowest BCUT2D eigenvalue weighted by Crippen LogP contribution is -2.11. The molecule has 0 radical (unpaired) electrons. The van der Waals surface area contributed by atoms with Crippen molar-refractivity contribution in [2.45, 2.75) is 0 Å². The minimum Gasteiger partial charge on any atom is -0.456 e. The smallest absolute Gasteiger partial charge is 0.227 e. The number of fused-ring (bicyclic) bond motifs is 6. The fraction of sp³-hybridized carbons (Fsp3) is 0. The fourth-order valence-corrected chi connectivity index (χ4v) is 6.36. The molecule has 0 unspecified atom stereocenters. The number of hydrogen-bond donors (Lipinski definition) is 0. The Morgan fingerprint density at radius 1 is 0.467 bits per heavy atom. The van der Waals surface area contributed by atoms with Crippen LogP contribution in [0.15, 0.2) is 167 Å². The number of benzene rings is 7. The van der Waals surface area contributed by atoms with Crippen molar-refractivity contribution in [3.05, 3.63) is 158 Å². The topological polar surface area (TPSA) is 42.4 Å². The quantitative estimate of drug-likeness (QED) is 0.204. The Balaban J connectivity index is 1.26. The van der Waals surface area contributed by atoms with E-state index >= 15 is 0 Å². The Morgan fingerprint density at radius 3 is 2.02 bits per heavy atom. The Labute approximate surface area is 259 Å². The monoisotopic (exact) mass is 578 g/mol. The summed E-state index contributed by atoms with van der Waals surface area (Å²) in [7, 11) is 0. The van der Waals surface area contributed by atoms with Crippen LogP contribution < -0.4 is 4.90 Å². The lowest BCUT2D eigenvalue weighted by Gasteiger charge is -2.28. The van der Waals surface area contributed by atoms with E-state index in [9.17, 15) is 0 Å². The summed E-state index contributed by atoms with van der Waals surface area (Å²) in [6.07, 6.45) is 0. The maximum atomic E-state index is 6.36. The molecule has 4 heteroatoms. The summed E-state index contributed by atoms with van der Waals surface area (Å²) >= 11 is 0. The van der Waals surface area contributed by atoms with Crippen LogP contribution in [0.3, 0.4) is 0 Å². The molecule has 2 aromatic heterocycles. The highest BCUT2D eigenvalue weighted by molar-refractivity contribution is 6.08. The van der Waals surface area contributed by atoms with Gasteiger partial charge in [0.1, 0.15) is 16.7 Å². The molecule has 0 atom stereocenters. The van der Waals surface area contributed by atoms with Gasteiger partial charge >= 0.3 is 0 Å². The van der Waals surface area contributed by atoms with E-state index in [1.165, 1.54) is 0 Å². The molecule has 0 aliphatic carbocycles. The highest BCUT2D eigenvalue weighted by Gasteiger charge is 2.20. The molecular formula is C41H26N2O2. The number of nitrogens with zero attached hydrogens (tertiary/aromatic N) is 2. The molecule has 0 aliphatic heterocycles. The van der Waals surface area contributed by atoms with E-state index in [-0.39, 0.29) is 0 Å². The molecule has 0 aliphatic rings. The van der Waals surface area contributed by atoms with Crippen molar-refractivity contribution in [3.63, 3.8) is 0 Å². The van der Waals surface area contributed by atoms with Gasteiger partial charge in [0.15, 0.2) is 5.58 Å². The van der Waals surface area contributed by atoms with Crippen molar-refractivity contribution in [3.8, 4) is 22.6 Å². The normalized spacial score (nSPS) is 11.6. The molecule has 9 rings (SSSR count). The molecule has 4 nitrogen and oxygen atoms in total. The van der Waals surface area contributed by atoms with Crippen LogP contribution in [0.1, 0.15) is 0 Å². The maximum absolute atomic E-state index is 6.36. The van der Waals surface area contributed by atoms with Gasteiger partial charge in [-0.2, -0.15) is 0 Å². The van der Waals surface area contributed by atoms with Crippen LogP contribution in [0, 0.1) is 0 Å². The van der Waals surface area contributed by atoms with Crippen LogP contribution in [0.25, 0.3) is 66.4 Å². The summed E-state index contributed by atoms with van der Waals surface area (Å²) in [4.78, 5) is 7.13. The SMILES string of the molecule is c1ccc(-c2nc3ccc4cc(N(c5ccc6oc7ccccc7c6c5)c5ccccc5-c5ccccc5)ccc4c3o2)cc1. The summed E-state index contributed by atoms with van der Waals surface area (Å²) < 4.78 is 12.5. The number of para-hydroxylation sites is 2. The van der Waals surface area contributed by atoms with Crippen LogP contribution in [-0.4, -0.2) is 4.98 Å². The summed E-state index contributed by atoms with van der Waals surface area (Å²) in [6, 6.07) is 54.6. The summed E-state index contributed by atoms with van der Waals surface area (Å²) in [5.41, 5.74) is 9.84. The Morgan fingerprint density at radius 2 is 1.16 bits per heavy atom. The number of rotatable bonds is 5. The molecule has 9 aromatic rings. The van der Waals surface area contributed by atoms with Gasteiger partial charge in [0.25, 0.3) is 0 Å². The number of aromatic nitrogens is 1. The molecule has 0 saturated carbocycles. The van der Waals surface area contributed by atoms with Gasteiger partial charge < -0.3 is 13.7 Å². The van der Waals surface area contributed by atoms with Crippen molar-refractivity contribution in [1.29, 1.82) is 0 Å². The standard InChI is InChI=1S/C41H26N2O2/c1-3-11-27(12-4-1)32-15-7-9-17-37(32)43(31-21-24-39-35(26-31)34-16-8-10-18-38(34)44-39)30-20-22-33-29(25-30)19-23-36-40(33)45-41(42-36)28-13-5-2-6-14-28/h1-26H. The predicted octanol–water partition coefficient (Wildman–Crippen LogP) is 11.7. The van der Waals surface area contributed by atoms with Gasteiger partial charge in [-0.05, 0) is 77.7 Å². The van der Waals surface area contributed by atoms with Crippen molar-refractivity contribution in [2.24, 2.45) is 0 Å². The summed E-state index contributed by atoms with van der Waals surface area (Å²) in [6.45, 7) is 0. The average Bonchev–Trinajstić information content (AvgIpc) is 3.71. The molecule has 0 N–H and O–H groups in total. The molecule has 0 bridgehead atoms. The highest BCUT2D eigenvalue weighted by Crippen LogP contribution is 2.44. The van der Waals surface area contributed by atoms with Crippen LogP contribution >= 0.6 is 0 Å². The van der Waals surface area contributed by atoms with E-state index in [0.717, 1.165) is 77.6 Å². The lowest BCUT2D eigenvalue weighted by molar-refractivity contribution is 0.623. The molecule has 0 amide bonds. The minimum atomic E-state index is 0.626. The van der Waals surface area contributed by atoms with E-state index in [0.29, 0.717) is 5.89 Å². The average molecular weight is 579 g/mol. The van der Waals surface area contributed by atoms with Gasteiger partial charge in [-0.3, -0.25) is 0 Å². The number of oxazole rings is 1. The third kappa shape index (κ3) is 4.27. The Hall–Kier alpha value is -6.13. The van der Waals surface area contributed by atoms with Gasteiger partial charge in [-0.15, -0.1) is 0 Å². The maximum Gasteiger partial charge on any atom is 0.227 e. The first kappa shape index (κ1) is 25.4. The second kappa shape index (κ2) is 10.2. The second-order valence-corrected chi connectivity index (χ2v) is 11.2. The zero-order valence-corrected chi connectivity index (χ0v) is 24.2. The first-order valence-corrected chi connectivity index (χ1v) is 15.0. The molecular weight excluding hydrogens is 552 g/mol. The van der Waals surface area contributed by atoms with Gasteiger partial charge in [0.2, 0.25) is 5.89 Å². The third-order valence-corrected chi connectivity index (χ3v) is 8.48. The van der Waals surface area contributed by atoms with Gasteiger partial charge in [-0.1, -0.05) is 91.0 Å². The van der Waals surface area contributed by atoms with Gasteiger partial charge in [0.05, 0.1) is 5.69 Å². The van der Waals surface area contributed by atoms with Crippen LogP contribution in [0.5, 0.6) is 0 Å². The zero-order chi connectivity index (χ0) is 29.7. The molecule has 2 heterocycles. The predicted molar refractivity (Wildman–Crippen MR) is 184 cm³/mol.